The minimum Gasteiger partial charge on any atom is -0.396 e. The molecule has 1 aromatic heterocycles. The molecule has 116 valence electrons. The largest absolute Gasteiger partial charge is 0.396 e. The molecule has 7 heteroatoms. The summed E-state index contributed by atoms with van der Waals surface area (Å²) in [6.07, 6.45) is 3.96. The Hall–Kier alpha value is -1.89. The Morgan fingerprint density at radius 3 is 2.81 bits per heavy atom. The highest BCUT2D eigenvalue weighted by Gasteiger charge is 2.27. The smallest absolute Gasteiger partial charge is 0.276 e. The van der Waals surface area contributed by atoms with Crippen LogP contribution < -0.4 is 10.2 Å². The molecule has 2 rings (SSSR count). The van der Waals surface area contributed by atoms with Crippen molar-refractivity contribution in [1.29, 1.82) is 0 Å². The number of hydrogen-bond donors (Lipinski definition) is 2. The van der Waals surface area contributed by atoms with Crippen molar-refractivity contribution in [3.8, 4) is 0 Å². The van der Waals surface area contributed by atoms with Crippen molar-refractivity contribution in [2.45, 2.75) is 38.6 Å². The molecule has 1 aromatic rings. The molecule has 7 nitrogen and oxygen atoms in total. The lowest BCUT2D eigenvalue weighted by Crippen LogP contribution is -2.41. The average molecular weight is 294 g/mol. The lowest BCUT2D eigenvalue weighted by atomic mass is 9.91. The Kier molecular flexibility index (Phi) is 5.32. The van der Waals surface area contributed by atoms with E-state index in [1.54, 1.807) is 0 Å². The van der Waals surface area contributed by atoms with Crippen molar-refractivity contribution >= 4 is 17.3 Å². The molecule has 1 saturated carbocycles. The number of hydrogen-bond acceptors (Lipinski definition) is 6. The maximum Gasteiger partial charge on any atom is 0.276 e. The number of rotatable bonds is 8. The van der Waals surface area contributed by atoms with Crippen LogP contribution in [0.15, 0.2) is 12.1 Å². The number of anilines is 2. The van der Waals surface area contributed by atoms with E-state index in [0.29, 0.717) is 37.2 Å². The van der Waals surface area contributed by atoms with Gasteiger partial charge in [0.05, 0.1) is 17.1 Å². The minimum atomic E-state index is -0.392. The van der Waals surface area contributed by atoms with Gasteiger partial charge in [-0.25, -0.2) is 4.98 Å². The van der Waals surface area contributed by atoms with Crippen LogP contribution in [-0.2, 0) is 0 Å². The van der Waals surface area contributed by atoms with E-state index in [1.807, 2.05) is 6.92 Å². The maximum atomic E-state index is 11.1. The summed E-state index contributed by atoms with van der Waals surface area (Å²) >= 11 is 0. The van der Waals surface area contributed by atoms with E-state index in [-0.39, 0.29) is 12.3 Å². The molecule has 0 unspecified atom stereocenters. The molecular formula is C14H22N4O3. The van der Waals surface area contributed by atoms with E-state index < -0.39 is 4.92 Å². The number of pyridine rings is 1. The van der Waals surface area contributed by atoms with E-state index in [2.05, 4.69) is 15.2 Å². The average Bonchev–Trinajstić information content (AvgIpc) is 2.41. The van der Waals surface area contributed by atoms with Gasteiger partial charge in [0.1, 0.15) is 11.6 Å². The summed E-state index contributed by atoms with van der Waals surface area (Å²) in [5.41, 5.74) is 0.0456. The fraction of sp³-hybridized carbons (Fsp3) is 0.643. The van der Waals surface area contributed by atoms with E-state index in [4.69, 9.17) is 5.11 Å². The summed E-state index contributed by atoms with van der Waals surface area (Å²) in [5.74, 6) is 1.15. The molecule has 0 aromatic carbocycles. The summed E-state index contributed by atoms with van der Waals surface area (Å²) in [6.45, 7) is 3.36. The van der Waals surface area contributed by atoms with E-state index in [9.17, 15) is 10.1 Å². The molecule has 1 fully saturated rings. The molecule has 21 heavy (non-hydrogen) atoms. The van der Waals surface area contributed by atoms with Crippen LogP contribution in [0.3, 0.4) is 0 Å². The first-order valence-electron chi connectivity index (χ1n) is 7.43. The van der Waals surface area contributed by atoms with Crippen LogP contribution >= 0.6 is 0 Å². The van der Waals surface area contributed by atoms with Gasteiger partial charge in [0.25, 0.3) is 5.69 Å². The molecule has 0 spiro atoms. The molecule has 0 amide bonds. The second kappa shape index (κ2) is 7.21. The molecule has 0 radical (unpaired) electrons. The van der Waals surface area contributed by atoms with Crippen LogP contribution in [0, 0.1) is 10.1 Å². The predicted octanol–water partition coefficient (Wildman–Crippen LogP) is 2.16. The van der Waals surface area contributed by atoms with Gasteiger partial charge in [-0.15, -0.1) is 0 Å². The molecule has 1 aliphatic rings. The summed E-state index contributed by atoms with van der Waals surface area (Å²) in [4.78, 5) is 17.3. The van der Waals surface area contributed by atoms with Crippen molar-refractivity contribution in [2.75, 3.05) is 29.9 Å². The number of nitrogens with zero attached hydrogens (tertiary/aromatic N) is 3. The maximum absolute atomic E-state index is 11.1. The first-order valence-corrected chi connectivity index (χ1v) is 7.43. The Balaban J connectivity index is 2.30. The fourth-order valence-corrected chi connectivity index (χ4v) is 2.45. The highest BCUT2D eigenvalue weighted by molar-refractivity contribution is 5.56. The van der Waals surface area contributed by atoms with Gasteiger partial charge in [-0.2, -0.15) is 0 Å². The number of nitro groups is 1. The first-order chi connectivity index (χ1) is 10.2. The molecule has 2 N–H and O–H groups in total. The topological polar surface area (TPSA) is 91.5 Å². The predicted molar refractivity (Wildman–Crippen MR) is 81.7 cm³/mol. The Labute approximate surface area is 124 Å². The normalized spacial score (nSPS) is 14.6. The van der Waals surface area contributed by atoms with Crippen LogP contribution in [0.25, 0.3) is 0 Å². The first kappa shape index (κ1) is 15.5. The lowest BCUT2D eigenvalue weighted by molar-refractivity contribution is -0.384. The summed E-state index contributed by atoms with van der Waals surface area (Å²) in [7, 11) is 0. The number of nitrogens with one attached hydrogen (secondary N) is 1. The van der Waals surface area contributed by atoms with Crippen molar-refractivity contribution in [1.82, 2.24) is 4.98 Å². The molecule has 0 saturated heterocycles. The highest BCUT2D eigenvalue weighted by Crippen LogP contribution is 2.31. The Bertz CT molecular complexity index is 491. The quantitative estimate of drug-likeness (QED) is 0.564. The van der Waals surface area contributed by atoms with Gasteiger partial charge >= 0.3 is 0 Å². The van der Waals surface area contributed by atoms with Gasteiger partial charge in [-0.05, 0) is 32.6 Å². The number of aromatic nitrogens is 1. The van der Waals surface area contributed by atoms with Crippen molar-refractivity contribution in [3.63, 3.8) is 0 Å². The zero-order chi connectivity index (χ0) is 15.2. The van der Waals surface area contributed by atoms with Crippen LogP contribution in [0.4, 0.5) is 17.3 Å². The summed E-state index contributed by atoms with van der Waals surface area (Å²) in [5, 5.41) is 23.2. The molecule has 1 heterocycles. The van der Waals surface area contributed by atoms with Gasteiger partial charge in [0.15, 0.2) is 0 Å². The second-order valence-electron chi connectivity index (χ2n) is 5.21. The minimum absolute atomic E-state index is 0.0456. The zero-order valence-electron chi connectivity index (χ0n) is 12.3. The lowest BCUT2D eigenvalue weighted by Gasteiger charge is -2.38. The van der Waals surface area contributed by atoms with Gasteiger partial charge < -0.3 is 15.3 Å². The van der Waals surface area contributed by atoms with Gasteiger partial charge in [0.2, 0.25) is 0 Å². The van der Waals surface area contributed by atoms with Gasteiger partial charge in [0, 0.05) is 25.7 Å². The Morgan fingerprint density at radius 2 is 2.29 bits per heavy atom. The fourth-order valence-electron chi connectivity index (χ4n) is 2.45. The summed E-state index contributed by atoms with van der Waals surface area (Å²) < 4.78 is 0. The highest BCUT2D eigenvalue weighted by atomic mass is 16.6. The zero-order valence-corrected chi connectivity index (χ0v) is 12.3. The van der Waals surface area contributed by atoms with Crippen LogP contribution in [-0.4, -0.2) is 40.8 Å². The van der Waals surface area contributed by atoms with Crippen molar-refractivity contribution < 1.29 is 10.0 Å². The monoisotopic (exact) mass is 294 g/mol. The van der Waals surface area contributed by atoms with Crippen LogP contribution in [0.1, 0.15) is 32.6 Å². The Morgan fingerprint density at radius 1 is 1.52 bits per heavy atom. The van der Waals surface area contributed by atoms with Gasteiger partial charge in [-0.1, -0.05) is 0 Å². The molecule has 0 bridgehead atoms. The van der Waals surface area contributed by atoms with Crippen LogP contribution in [0.5, 0.6) is 0 Å². The summed E-state index contributed by atoms with van der Waals surface area (Å²) in [6, 6.07) is 3.36. The number of aliphatic hydroxyl groups is 1. The van der Waals surface area contributed by atoms with Crippen LogP contribution in [0.2, 0.25) is 0 Å². The SMILES string of the molecule is CCNc1cc([N+](=O)[O-])cc(N(CCCO)C2CCC2)n1. The third-order valence-electron chi connectivity index (χ3n) is 3.73. The number of aliphatic hydroxyl groups excluding tert-OH is 1. The third kappa shape index (κ3) is 3.81. The van der Waals surface area contributed by atoms with Gasteiger partial charge in [-0.3, -0.25) is 10.1 Å². The van der Waals surface area contributed by atoms with E-state index >= 15 is 0 Å². The van der Waals surface area contributed by atoms with Crippen molar-refractivity contribution in [3.05, 3.63) is 22.2 Å². The third-order valence-corrected chi connectivity index (χ3v) is 3.73. The molecule has 1 aliphatic carbocycles. The standard InChI is InChI=1S/C14H22N4O3/c1-2-15-13-9-12(18(20)21)10-14(16-13)17(7-4-8-19)11-5-3-6-11/h9-11,19H,2-8H2,1H3,(H,15,16). The van der Waals surface area contributed by atoms with E-state index in [0.717, 1.165) is 12.8 Å². The molecular weight excluding hydrogens is 272 g/mol. The molecule has 0 atom stereocenters. The molecule has 0 aliphatic heterocycles. The van der Waals surface area contributed by atoms with E-state index in [1.165, 1.54) is 18.6 Å². The second-order valence-corrected chi connectivity index (χ2v) is 5.21. The van der Waals surface area contributed by atoms with Crippen molar-refractivity contribution in [2.24, 2.45) is 0 Å².